The Labute approximate surface area is 85.7 Å². The van der Waals surface area contributed by atoms with Crippen molar-refractivity contribution < 1.29 is 24.9 Å². The molecule has 0 fully saturated rings. The Morgan fingerprint density at radius 1 is 1.29 bits per heavy atom. The molecule has 1 unspecified atom stereocenters. The summed E-state index contributed by atoms with van der Waals surface area (Å²) in [6, 6.07) is 0. The minimum Gasteiger partial charge on any atom is -0.549 e. The van der Waals surface area contributed by atoms with E-state index < -0.39 is 31.1 Å². The van der Waals surface area contributed by atoms with Crippen LogP contribution < -0.4 is 10.2 Å². The molecule has 1 N–H and O–H groups in total. The third-order valence-electron chi connectivity index (χ3n) is 1.35. The lowest BCUT2D eigenvalue weighted by atomic mass is 10.3. The van der Waals surface area contributed by atoms with Gasteiger partial charge in [-0.1, -0.05) is 0 Å². The first kappa shape index (κ1) is 13.2. The van der Waals surface area contributed by atoms with Gasteiger partial charge in [0.1, 0.15) is 0 Å². The van der Waals surface area contributed by atoms with Crippen LogP contribution >= 0.6 is 11.6 Å². The second-order valence-corrected chi connectivity index (χ2v) is 3.03. The second kappa shape index (κ2) is 6.58. The molecule has 6 nitrogen and oxygen atoms in total. The molecule has 0 spiro atoms. The highest BCUT2D eigenvalue weighted by atomic mass is 35.5. The standard InChI is InChI=1S/C7H12ClNO5/c8-1-5(10)2-9(3-6(11)12)4-7(13)14/h5,10H,1-4H2,(H,11,12)(H,13,14)/p-2. The van der Waals surface area contributed by atoms with Gasteiger partial charge in [0.05, 0.1) is 18.0 Å². The van der Waals surface area contributed by atoms with E-state index in [0.717, 1.165) is 4.90 Å². The van der Waals surface area contributed by atoms with Crippen LogP contribution in [0.5, 0.6) is 0 Å². The van der Waals surface area contributed by atoms with E-state index in [4.69, 9.17) is 16.7 Å². The summed E-state index contributed by atoms with van der Waals surface area (Å²) in [6.45, 7) is -1.31. The Balaban J connectivity index is 4.09. The zero-order chi connectivity index (χ0) is 11.1. The van der Waals surface area contributed by atoms with Crippen molar-refractivity contribution in [2.75, 3.05) is 25.5 Å². The normalized spacial score (nSPS) is 12.8. The molecule has 0 aliphatic heterocycles. The zero-order valence-electron chi connectivity index (χ0n) is 7.31. The molecule has 7 heteroatoms. The first-order valence-electron chi connectivity index (χ1n) is 3.81. The fourth-order valence-electron chi connectivity index (χ4n) is 0.897. The van der Waals surface area contributed by atoms with Crippen LogP contribution in [0, 0.1) is 0 Å². The van der Waals surface area contributed by atoms with Crippen molar-refractivity contribution in [1.82, 2.24) is 4.90 Å². The van der Waals surface area contributed by atoms with Gasteiger partial charge in [0.15, 0.2) is 0 Å². The lowest BCUT2D eigenvalue weighted by Gasteiger charge is -2.24. The van der Waals surface area contributed by atoms with Crippen LogP contribution in [0.25, 0.3) is 0 Å². The number of hydrogen-bond donors (Lipinski definition) is 1. The average Bonchev–Trinajstić information content (AvgIpc) is 2.01. The van der Waals surface area contributed by atoms with E-state index in [1.807, 2.05) is 0 Å². The molecular weight excluding hydrogens is 214 g/mol. The summed E-state index contributed by atoms with van der Waals surface area (Å²) in [4.78, 5) is 21.3. The summed E-state index contributed by atoms with van der Waals surface area (Å²) >= 11 is 5.27. The fraction of sp³-hybridized carbons (Fsp3) is 0.714. The quantitative estimate of drug-likeness (QED) is 0.447. The number of carboxylic acid groups (broad SMARTS) is 2. The molecule has 0 saturated carbocycles. The van der Waals surface area contributed by atoms with Crippen molar-refractivity contribution in [3.63, 3.8) is 0 Å². The van der Waals surface area contributed by atoms with Gasteiger partial charge in [0, 0.05) is 25.5 Å². The van der Waals surface area contributed by atoms with Crippen molar-refractivity contribution in [3.05, 3.63) is 0 Å². The largest absolute Gasteiger partial charge is 0.549 e. The van der Waals surface area contributed by atoms with E-state index >= 15 is 0 Å². The number of aliphatic carboxylic acids is 2. The highest BCUT2D eigenvalue weighted by Crippen LogP contribution is 1.94. The lowest BCUT2D eigenvalue weighted by molar-refractivity contribution is -0.310. The number of alkyl halides is 1. The predicted molar refractivity (Wildman–Crippen MR) is 43.2 cm³/mol. The molecule has 0 aromatic rings. The van der Waals surface area contributed by atoms with Crippen LogP contribution in [-0.4, -0.2) is 53.6 Å². The molecule has 0 bridgehead atoms. The van der Waals surface area contributed by atoms with Crippen molar-refractivity contribution in [2.45, 2.75) is 6.10 Å². The molecule has 82 valence electrons. The number of carbonyl (C=O) groups is 2. The summed E-state index contributed by atoms with van der Waals surface area (Å²) < 4.78 is 0. The number of carbonyl (C=O) groups excluding carboxylic acids is 2. The van der Waals surface area contributed by atoms with Crippen LogP contribution in [0.15, 0.2) is 0 Å². The highest BCUT2D eigenvalue weighted by molar-refractivity contribution is 6.18. The summed E-state index contributed by atoms with van der Waals surface area (Å²) in [5, 5.41) is 29.4. The number of rotatable bonds is 7. The minimum absolute atomic E-state index is 0.101. The average molecular weight is 224 g/mol. The number of aliphatic hydroxyl groups excluding tert-OH is 1. The lowest BCUT2D eigenvalue weighted by Crippen LogP contribution is -2.47. The third-order valence-corrected chi connectivity index (χ3v) is 1.71. The van der Waals surface area contributed by atoms with Crippen LogP contribution in [0.2, 0.25) is 0 Å². The molecule has 14 heavy (non-hydrogen) atoms. The first-order valence-corrected chi connectivity index (χ1v) is 4.35. The molecule has 0 amide bonds. The van der Waals surface area contributed by atoms with E-state index in [1.165, 1.54) is 0 Å². The number of nitrogens with zero attached hydrogens (tertiary/aromatic N) is 1. The van der Waals surface area contributed by atoms with E-state index in [9.17, 15) is 19.8 Å². The van der Waals surface area contributed by atoms with Crippen molar-refractivity contribution in [3.8, 4) is 0 Å². The zero-order valence-corrected chi connectivity index (χ0v) is 8.07. The van der Waals surface area contributed by atoms with E-state index in [0.29, 0.717) is 0 Å². The van der Waals surface area contributed by atoms with Crippen molar-refractivity contribution in [2.24, 2.45) is 0 Å². The Hall–Kier alpha value is -0.850. The number of aliphatic hydroxyl groups is 1. The molecule has 0 aliphatic carbocycles. The van der Waals surface area contributed by atoms with Crippen molar-refractivity contribution in [1.29, 1.82) is 0 Å². The molecule has 0 aliphatic rings. The van der Waals surface area contributed by atoms with Gasteiger partial charge < -0.3 is 24.9 Å². The Morgan fingerprint density at radius 3 is 2.00 bits per heavy atom. The fourth-order valence-corrected chi connectivity index (χ4v) is 0.995. The number of halogens is 1. The molecule has 0 radical (unpaired) electrons. The molecule has 0 saturated heterocycles. The molecular formula is C7H10ClNO5-2. The van der Waals surface area contributed by atoms with Gasteiger partial charge in [0.25, 0.3) is 0 Å². The predicted octanol–water partition coefficient (Wildman–Crippen LogP) is -3.61. The topological polar surface area (TPSA) is 104 Å². The van der Waals surface area contributed by atoms with Crippen LogP contribution in [0.4, 0.5) is 0 Å². The Kier molecular flexibility index (Phi) is 6.18. The maximum absolute atomic E-state index is 10.2. The molecule has 0 heterocycles. The maximum atomic E-state index is 10.2. The Morgan fingerprint density at radius 2 is 1.71 bits per heavy atom. The van der Waals surface area contributed by atoms with Crippen molar-refractivity contribution >= 4 is 23.5 Å². The summed E-state index contributed by atoms with van der Waals surface area (Å²) in [6.07, 6.45) is -0.977. The van der Waals surface area contributed by atoms with Gasteiger partial charge in [-0.05, 0) is 0 Å². The number of carboxylic acids is 2. The summed E-state index contributed by atoms with van der Waals surface area (Å²) in [5.41, 5.74) is 0. The van der Waals surface area contributed by atoms with Crippen LogP contribution in [-0.2, 0) is 9.59 Å². The van der Waals surface area contributed by atoms with Gasteiger partial charge in [-0.3, -0.25) is 4.90 Å². The molecule has 0 aromatic carbocycles. The minimum atomic E-state index is -1.42. The SMILES string of the molecule is O=C([O-])CN(CC(=O)[O-])CC(O)CCl. The maximum Gasteiger partial charge on any atom is 0.0802 e. The van der Waals surface area contributed by atoms with Gasteiger partial charge in [-0.2, -0.15) is 0 Å². The van der Waals surface area contributed by atoms with E-state index in [1.54, 1.807) is 0 Å². The van der Waals surface area contributed by atoms with Gasteiger partial charge in [-0.15, -0.1) is 11.6 Å². The van der Waals surface area contributed by atoms with Gasteiger partial charge in [0.2, 0.25) is 0 Å². The van der Waals surface area contributed by atoms with E-state index in [2.05, 4.69) is 0 Å². The van der Waals surface area contributed by atoms with Crippen LogP contribution in [0.1, 0.15) is 0 Å². The van der Waals surface area contributed by atoms with Crippen LogP contribution in [0.3, 0.4) is 0 Å². The van der Waals surface area contributed by atoms with E-state index in [-0.39, 0.29) is 12.4 Å². The monoisotopic (exact) mass is 223 g/mol. The van der Waals surface area contributed by atoms with Gasteiger partial charge >= 0.3 is 0 Å². The number of hydrogen-bond acceptors (Lipinski definition) is 6. The second-order valence-electron chi connectivity index (χ2n) is 2.72. The van der Waals surface area contributed by atoms with Gasteiger partial charge in [-0.25, -0.2) is 0 Å². The highest BCUT2D eigenvalue weighted by Gasteiger charge is 2.11. The molecule has 0 rings (SSSR count). The molecule has 0 aromatic heterocycles. The summed E-state index contributed by atoms with van der Waals surface area (Å²) in [5.74, 6) is -2.95. The molecule has 1 atom stereocenters. The Bertz CT molecular complexity index is 194. The first-order chi connectivity index (χ1) is 6.45. The third kappa shape index (κ3) is 6.64. The summed E-state index contributed by atoms with van der Waals surface area (Å²) in [7, 11) is 0. The smallest absolute Gasteiger partial charge is 0.0802 e.